The second-order valence-corrected chi connectivity index (χ2v) is 8.52. The SMILES string of the molecule is CCOC(=O)CN1CCc2ccc(N(C)C(=O)c3ccc(C=NN4CCOCC4)cc3)cc2C1. The lowest BCUT2D eigenvalue weighted by Crippen LogP contribution is -2.36. The Kier molecular flexibility index (Phi) is 7.92. The quantitative estimate of drug-likeness (QED) is 0.463. The number of ether oxygens (including phenoxy) is 2. The summed E-state index contributed by atoms with van der Waals surface area (Å²) in [6.07, 6.45) is 2.69. The summed E-state index contributed by atoms with van der Waals surface area (Å²) in [5, 5.41) is 6.47. The predicted molar refractivity (Wildman–Crippen MR) is 131 cm³/mol. The maximum atomic E-state index is 13.1. The van der Waals surface area contributed by atoms with Gasteiger partial charge in [-0.15, -0.1) is 0 Å². The number of carbonyl (C=O) groups is 2. The zero-order chi connectivity index (χ0) is 23.9. The molecule has 0 spiro atoms. The monoisotopic (exact) mass is 464 g/mol. The van der Waals surface area contributed by atoms with Crippen LogP contribution in [0.4, 0.5) is 5.69 Å². The Hall–Kier alpha value is -3.23. The molecule has 0 unspecified atom stereocenters. The molecule has 0 N–H and O–H groups in total. The first-order chi connectivity index (χ1) is 16.5. The molecule has 1 amide bonds. The molecule has 34 heavy (non-hydrogen) atoms. The average Bonchev–Trinajstić information content (AvgIpc) is 2.87. The Balaban J connectivity index is 1.39. The molecule has 8 nitrogen and oxygen atoms in total. The Labute approximate surface area is 200 Å². The fraction of sp³-hybridized carbons (Fsp3) is 0.423. The van der Waals surface area contributed by atoms with Crippen LogP contribution in [0.3, 0.4) is 0 Å². The van der Waals surface area contributed by atoms with Crippen LogP contribution in [-0.2, 0) is 27.2 Å². The second-order valence-electron chi connectivity index (χ2n) is 8.52. The lowest BCUT2D eigenvalue weighted by atomic mass is 9.98. The second kappa shape index (κ2) is 11.3. The average molecular weight is 465 g/mol. The number of nitrogens with zero attached hydrogens (tertiary/aromatic N) is 4. The highest BCUT2D eigenvalue weighted by atomic mass is 16.5. The summed E-state index contributed by atoms with van der Waals surface area (Å²) in [7, 11) is 1.79. The van der Waals surface area contributed by atoms with Crippen molar-refractivity contribution >= 4 is 23.8 Å². The van der Waals surface area contributed by atoms with Crippen molar-refractivity contribution in [3.05, 3.63) is 64.7 Å². The Morgan fingerprint density at radius 3 is 2.59 bits per heavy atom. The van der Waals surface area contributed by atoms with Gasteiger partial charge in [0.15, 0.2) is 0 Å². The standard InChI is InChI=1S/C26H32N4O4/c1-3-34-25(31)19-29-11-10-21-8-9-24(16-23(21)18-29)28(2)26(32)22-6-4-20(5-7-22)17-27-30-12-14-33-15-13-30/h4-9,16-17H,3,10-15,18-19H2,1-2H3. The largest absolute Gasteiger partial charge is 0.465 e. The van der Waals surface area contributed by atoms with E-state index in [1.807, 2.05) is 54.5 Å². The summed E-state index contributed by atoms with van der Waals surface area (Å²) in [6, 6.07) is 13.6. The normalized spacial score (nSPS) is 16.4. The summed E-state index contributed by atoms with van der Waals surface area (Å²) in [6.45, 7) is 6.96. The van der Waals surface area contributed by atoms with Gasteiger partial charge in [0.25, 0.3) is 5.91 Å². The fourth-order valence-corrected chi connectivity index (χ4v) is 4.17. The van der Waals surface area contributed by atoms with Crippen molar-refractivity contribution in [1.29, 1.82) is 0 Å². The number of rotatable bonds is 7. The van der Waals surface area contributed by atoms with E-state index in [0.717, 1.165) is 42.9 Å². The Morgan fingerprint density at radius 1 is 1.09 bits per heavy atom. The molecule has 0 aliphatic carbocycles. The molecule has 0 saturated carbocycles. The number of hydrogen-bond donors (Lipinski definition) is 0. The van der Waals surface area contributed by atoms with Crippen LogP contribution < -0.4 is 4.90 Å². The minimum absolute atomic E-state index is 0.0733. The summed E-state index contributed by atoms with van der Waals surface area (Å²) < 4.78 is 10.4. The van der Waals surface area contributed by atoms with Crippen molar-refractivity contribution in [2.75, 3.05) is 57.9 Å². The number of fused-ring (bicyclic) bond motifs is 1. The molecule has 2 aliphatic rings. The van der Waals surface area contributed by atoms with E-state index in [0.29, 0.717) is 31.9 Å². The highest BCUT2D eigenvalue weighted by Gasteiger charge is 2.21. The van der Waals surface area contributed by atoms with Gasteiger partial charge in [0.05, 0.1) is 45.7 Å². The number of hydrazone groups is 1. The minimum atomic E-state index is -0.201. The number of hydrogen-bond acceptors (Lipinski definition) is 7. The molecule has 0 atom stereocenters. The van der Waals surface area contributed by atoms with E-state index in [4.69, 9.17) is 9.47 Å². The number of carbonyl (C=O) groups excluding carboxylic acids is 2. The van der Waals surface area contributed by atoms with E-state index in [1.54, 1.807) is 11.9 Å². The summed E-state index contributed by atoms with van der Waals surface area (Å²) in [5.74, 6) is -0.274. The fourth-order valence-electron chi connectivity index (χ4n) is 4.17. The number of esters is 1. The zero-order valence-corrected chi connectivity index (χ0v) is 19.9. The molecular formula is C26H32N4O4. The molecule has 0 bridgehead atoms. The molecule has 8 heteroatoms. The van der Waals surface area contributed by atoms with Crippen molar-refractivity contribution < 1.29 is 19.1 Å². The van der Waals surface area contributed by atoms with Crippen molar-refractivity contribution in [3.63, 3.8) is 0 Å². The molecule has 1 saturated heterocycles. The molecule has 2 heterocycles. The van der Waals surface area contributed by atoms with Crippen LogP contribution >= 0.6 is 0 Å². The van der Waals surface area contributed by atoms with E-state index in [-0.39, 0.29) is 18.4 Å². The number of anilines is 1. The first-order valence-electron chi connectivity index (χ1n) is 11.8. The van der Waals surface area contributed by atoms with Crippen LogP contribution in [0.25, 0.3) is 0 Å². The molecule has 1 fully saturated rings. The third-order valence-electron chi connectivity index (χ3n) is 6.15. The van der Waals surface area contributed by atoms with Crippen molar-refractivity contribution in [2.45, 2.75) is 19.9 Å². The van der Waals surface area contributed by atoms with Gasteiger partial charge in [-0.25, -0.2) is 0 Å². The van der Waals surface area contributed by atoms with Crippen LogP contribution in [0.5, 0.6) is 0 Å². The molecule has 0 aromatic heterocycles. The molecule has 180 valence electrons. The smallest absolute Gasteiger partial charge is 0.320 e. The molecule has 2 aliphatic heterocycles. The summed E-state index contributed by atoms with van der Waals surface area (Å²) in [4.78, 5) is 28.7. The maximum Gasteiger partial charge on any atom is 0.320 e. The molecular weight excluding hydrogens is 432 g/mol. The van der Waals surface area contributed by atoms with E-state index < -0.39 is 0 Å². The first kappa shape index (κ1) is 23.9. The van der Waals surface area contributed by atoms with Gasteiger partial charge >= 0.3 is 5.97 Å². The summed E-state index contributed by atoms with van der Waals surface area (Å²) in [5.41, 5.74) is 4.80. The Morgan fingerprint density at radius 2 is 1.85 bits per heavy atom. The maximum absolute atomic E-state index is 13.1. The first-order valence-corrected chi connectivity index (χ1v) is 11.8. The molecule has 4 rings (SSSR count). The van der Waals surface area contributed by atoms with Gasteiger partial charge in [0.2, 0.25) is 0 Å². The van der Waals surface area contributed by atoms with Crippen molar-refractivity contribution in [2.24, 2.45) is 5.10 Å². The van der Waals surface area contributed by atoms with Gasteiger partial charge in [0.1, 0.15) is 0 Å². The van der Waals surface area contributed by atoms with E-state index >= 15 is 0 Å². The number of morpholine rings is 1. The molecule has 0 radical (unpaired) electrons. The lowest BCUT2D eigenvalue weighted by molar-refractivity contribution is -0.144. The number of benzene rings is 2. The summed E-state index contributed by atoms with van der Waals surface area (Å²) >= 11 is 0. The van der Waals surface area contributed by atoms with Gasteiger partial charge in [-0.3, -0.25) is 19.5 Å². The third-order valence-corrected chi connectivity index (χ3v) is 6.15. The van der Waals surface area contributed by atoms with Crippen LogP contribution in [0.15, 0.2) is 47.6 Å². The van der Waals surface area contributed by atoms with Gasteiger partial charge in [-0.2, -0.15) is 5.10 Å². The van der Waals surface area contributed by atoms with Crippen LogP contribution in [0, 0.1) is 0 Å². The van der Waals surface area contributed by atoms with Gasteiger partial charge in [-0.05, 0) is 54.3 Å². The van der Waals surface area contributed by atoms with Crippen LogP contribution in [0.2, 0.25) is 0 Å². The highest BCUT2D eigenvalue weighted by molar-refractivity contribution is 6.06. The van der Waals surface area contributed by atoms with Gasteiger partial charge < -0.3 is 14.4 Å². The van der Waals surface area contributed by atoms with E-state index in [2.05, 4.69) is 16.1 Å². The zero-order valence-electron chi connectivity index (χ0n) is 19.9. The van der Waals surface area contributed by atoms with Crippen molar-refractivity contribution in [1.82, 2.24) is 9.91 Å². The van der Waals surface area contributed by atoms with E-state index in [1.165, 1.54) is 5.56 Å². The third kappa shape index (κ3) is 6.01. The molecule has 2 aromatic rings. The van der Waals surface area contributed by atoms with Gasteiger partial charge in [-0.1, -0.05) is 18.2 Å². The predicted octanol–water partition coefficient (Wildman–Crippen LogP) is 2.55. The van der Waals surface area contributed by atoms with Gasteiger partial charge in [0, 0.05) is 31.4 Å². The lowest BCUT2D eigenvalue weighted by Gasteiger charge is -2.29. The van der Waals surface area contributed by atoms with Crippen LogP contribution in [0.1, 0.15) is 34.0 Å². The van der Waals surface area contributed by atoms with Crippen LogP contribution in [-0.4, -0.2) is 81.0 Å². The van der Waals surface area contributed by atoms with Crippen molar-refractivity contribution in [3.8, 4) is 0 Å². The topological polar surface area (TPSA) is 74.7 Å². The number of amides is 1. The highest BCUT2D eigenvalue weighted by Crippen LogP contribution is 2.25. The molecule has 2 aromatic carbocycles. The Bertz CT molecular complexity index is 1030. The van der Waals surface area contributed by atoms with E-state index in [9.17, 15) is 9.59 Å². The minimum Gasteiger partial charge on any atom is -0.465 e.